The van der Waals surface area contributed by atoms with E-state index in [-0.39, 0.29) is 0 Å². The highest BCUT2D eigenvalue weighted by molar-refractivity contribution is 6.30. The molecule has 0 aromatic heterocycles. The average molecular weight is 306 g/mol. The molecule has 0 unspecified atom stereocenters. The number of aliphatic hydroxyl groups excluding tert-OH is 1. The van der Waals surface area contributed by atoms with Gasteiger partial charge < -0.3 is 9.84 Å². The fourth-order valence-electron chi connectivity index (χ4n) is 2.55. The summed E-state index contributed by atoms with van der Waals surface area (Å²) in [6.07, 6.45) is -2.11. The Bertz CT molecular complexity index is 677. The molecule has 5 nitrogen and oxygen atoms in total. The average Bonchev–Trinajstić information content (AvgIpc) is 2.48. The Morgan fingerprint density at radius 3 is 2.57 bits per heavy atom. The zero-order valence-electron chi connectivity index (χ0n) is 10.8. The number of nitrogens with zero attached hydrogens (tertiary/aromatic N) is 1. The first-order chi connectivity index (χ1) is 10.1. The molecule has 1 heterocycles. The van der Waals surface area contributed by atoms with Gasteiger partial charge in [-0.05, 0) is 23.8 Å². The van der Waals surface area contributed by atoms with Gasteiger partial charge in [-0.3, -0.25) is 10.1 Å². The van der Waals surface area contributed by atoms with Crippen molar-refractivity contribution < 1.29 is 14.8 Å². The van der Waals surface area contributed by atoms with Crippen LogP contribution >= 0.6 is 11.6 Å². The standard InChI is InChI=1S/C15H12ClNO4/c16-10-6-7-12-11(8-10)14(18)13(17(19)20)15(21-12)9-4-2-1-3-5-9/h1-8,13-15,18H/t13-,14-,15+/m1/s1. The van der Waals surface area contributed by atoms with E-state index in [9.17, 15) is 15.2 Å². The lowest BCUT2D eigenvalue weighted by molar-refractivity contribution is -0.549. The second-order valence-corrected chi connectivity index (χ2v) is 5.29. The van der Waals surface area contributed by atoms with Crippen LogP contribution < -0.4 is 4.74 Å². The molecule has 2 aromatic carbocycles. The summed E-state index contributed by atoms with van der Waals surface area (Å²) in [6, 6.07) is 12.3. The summed E-state index contributed by atoms with van der Waals surface area (Å²) >= 11 is 5.89. The molecule has 0 saturated carbocycles. The smallest absolute Gasteiger partial charge is 0.283 e. The first kappa shape index (κ1) is 13.9. The van der Waals surface area contributed by atoms with Gasteiger partial charge in [-0.2, -0.15) is 0 Å². The van der Waals surface area contributed by atoms with Crippen LogP contribution in [0.5, 0.6) is 5.75 Å². The molecule has 0 amide bonds. The van der Waals surface area contributed by atoms with E-state index in [1.54, 1.807) is 36.4 Å². The van der Waals surface area contributed by atoms with E-state index in [4.69, 9.17) is 16.3 Å². The zero-order valence-corrected chi connectivity index (χ0v) is 11.6. The first-order valence-corrected chi connectivity index (χ1v) is 6.78. The van der Waals surface area contributed by atoms with Gasteiger partial charge in [0.25, 0.3) is 6.04 Å². The molecule has 3 atom stereocenters. The Hall–Kier alpha value is -2.11. The number of hydrogen-bond donors (Lipinski definition) is 1. The van der Waals surface area contributed by atoms with Gasteiger partial charge in [-0.1, -0.05) is 41.9 Å². The van der Waals surface area contributed by atoms with Crippen molar-refractivity contribution in [2.24, 2.45) is 0 Å². The summed E-state index contributed by atoms with van der Waals surface area (Å²) in [4.78, 5) is 10.9. The second kappa shape index (κ2) is 5.35. The van der Waals surface area contributed by atoms with Gasteiger partial charge in [0.2, 0.25) is 0 Å². The van der Waals surface area contributed by atoms with Crippen molar-refractivity contribution in [1.29, 1.82) is 0 Å². The van der Waals surface area contributed by atoms with Crippen molar-refractivity contribution >= 4 is 11.6 Å². The molecule has 1 aliphatic rings. The van der Waals surface area contributed by atoms with Gasteiger partial charge in [-0.25, -0.2) is 0 Å². The zero-order chi connectivity index (χ0) is 15.0. The molecule has 0 spiro atoms. The largest absolute Gasteiger partial charge is 0.478 e. The maximum atomic E-state index is 11.4. The molecular weight excluding hydrogens is 294 g/mol. The molecule has 1 N–H and O–H groups in total. The van der Waals surface area contributed by atoms with Crippen molar-refractivity contribution in [3.05, 3.63) is 74.8 Å². The third kappa shape index (κ3) is 2.46. The summed E-state index contributed by atoms with van der Waals surface area (Å²) < 4.78 is 5.76. The van der Waals surface area contributed by atoms with E-state index in [1.807, 2.05) is 6.07 Å². The quantitative estimate of drug-likeness (QED) is 0.683. The maximum Gasteiger partial charge on any atom is 0.283 e. The van der Waals surface area contributed by atoms with Gasteiger partial charge in [0.15, 0.2) is 12.2 Å². The lowest BCUT2D eigenvalue weighted by Gasteiger charge is -2.32. The fraction of sp³-hybridized carbons (Fsp3) is 0.200. The Kier molecular flexibility index (Phi) is 3.53. The van der Waals surface area contributed by atoms with Crippen LogP contribution in [0.25, 0.3) is 0 Å². The molecule has 1 aliphatic heterocycles. The van der Waals surface area contributed by atoms with Crippen LogP contribution in [0.3, 0.4) is 0 Å². The lowest BCUT2D eigenvalue weighted by Crippen LogP contribution is -2.40. The van der Waals surface area contributed by atoms with Crippen LogP contribution in [0, 0.1) is 10.1 Å². The number of fused-ring (bicyclic) bond motifs is 1. The summed E-state index contributed by atoms with van der Waals surface area (Å²) in [6.45, 7) is 0. The third-order valence-corrected chi connectivity index (χ3v) is 3.78. The molecule has 0 saturated heterocycles. The van der Waals surface area contributed by atoms with Crippen LogP contribution in [-0.4, -0.2) is 16.1 Å². The highest BCUT2D eigenvalue weighted by Crippen LogP contribution is 2.43. The van der Waals surface area contributed by atoms with Crippen molar-refractivity contribution in [3.63, 3.8) is 0 Å². The molecular formula is C15H12ClNO4. The molecule has 2 aromatic rings. The van der Waals surface area contributed by atoms with Crippen molar-refractivity contribution in [2.45, 2.75) is 18.2 Å². The Morgan fingerprint density at radius 1 is 1.19 bits per heavy atom. The van der Waals surface area contributed by atoms with Crippen LogP contribution in [0.1, 0.15) is 23.3 Å². The molecule has 0 fully saturated rings. The minimum atomic E-state index is -1.28. The van der Waals surface area contributed by atoms with E-state index >= 15 is 0 Å². The predicted molar refractivity (Wildman–Crippen MR) is 77.0 cm³/mol. The summed E-state index contributed by atoms with van der Waals surface area (Å²) in [5, 5.41) is 22.1. The lowest BCUT2D eigenvalue weighted by atomic mass is 9.90. The Balaban J connectivity index is 2.09. The van der Waals surface area contributed by atoms with Gasteiger partial charge in [0.1, 0.15) is 5.75 Å². The number of nitro groups is 1. The monoisotopic (exact) mass is 305 g/mol. The molecule has 0 radical (unpaired) electrons. The van der Waals surface area contributed by atoms with Crippen molar-refractivity contribution in [2.75, 3.05) is 0 Å². The number of benzene rings is 2. The topological polar surface area (TPSA) is 72.6 Å². The van der Waals surface area contributed by atoms with Gasteiger partial charge in [0, 0.05) is 15.5 Å². The number of halogens is 1. The Labute approximate surface area is 125 Å². The van der Waals surface area contributed by atoms with Gasteiger partial charge in [-0.15, -0.1) is 0 Å². The second-order valence-electron chi connectivity index (χ2n) is 4.85. The van der Waals surface area contributed by atoms with Crippen molar-refractivity contribution in [1.82, 2.24) is 0 Å². The van der Waals surface area contributed by atoms with Gasteiger partial charge >= 0.3 is 0 Å². The highest BCUT2D eigenvalue weighted by atomic mass is 35.5. The third-order valence-electron chi connectivity index (χ3n) is 3.55. The molecule has 0 aliphatic carbocycles. The minimum Gasteiger partial charge on any atom is -0.478 e. The van der Waals surface area contributed by atoms with Gasteiger partial charge in [0.05, 0.1) is 0 Å². The fourth-order valence-corrected chi connectivity index (χ4v) is 2.73. The van der Waals surface area contributed by atoms with E-state index in [2.05, 4.69) is 0 Å². The summed E-state index contributed by atoms with van der Waals surface area (Å²) in [7, 11) is 0. The van der Waals surface area contributed by atoms with Crippen molar-refractivity contribution in [3.8, 4) is 5.75 Å². The number of hydrogen-bond acceptors (Lipinski definition) is 4. The van der Waals surface area contributed by atoms with Crippen LogP contribution in [-0.2, 0) is 0 Å². The van der Waals surface area contributed by atoms with E-state index in [0.29, 0.717) is 21.9 Å². The Morgan fingerprint density at radius 2 is 1.90 bits per heavy atom. The maximum absolute atomic E-state index is 11.4. The van der Waals surface area contributed by atoms with E-state index in [0.717, 1.165) is 0 Å². The predicted octanol–water partition coefficient (Wildman–Crippen LogP) is 3.15. The normalized spacial score (nSPS) is 24.0. The molecule has 108 valence electrons. The first-order valence-electron chi connectivity index (χ1n) is 6.40. The minimum absolute atomic E-state index is 0.344. The van der Waals surface area contributed by atoms with Crippen LogP contribution in [0.15, 0.2) is 48.5 Å². The van der Waals surface area contributed by atoms with Crippen LogP contribution in [0.2, 0.25) is 5.02 Å². The van der Waals surface area contributed by atoms with Crippen LogP contribution in [0.4, 0.5) is 0 Å². The highest BCUT2D eigenvalue weighted by Gasteiger charge is 2.46. The number of ether oxygens (including phenoxy) is 1. The number of aliphatic hydroxyl groups is 1. The molecule has 3 rings (SSSR count). The summed E-state index contributed by atoms with van der Waals surface area (Å²) in [5.74, 6) is 0.416. The SMILES string of the molecule is O=[N+]([O-])[C@@H]1[C@H](O)c2cc(Cl)ccc2O[C@H]1c1ccccc1. The summed E-state index contributed by atoms with van der Waals surface area (Å²) in [5.41, 5.74) is 0.996. The van der Waals surface area contributed by atoms with E-state index < -0.39 is 23.2 Å². The molecule has 0 bridgehead atoms. The van der Waals surface area contributed by atoms with E-state index in [1.165, 1.54) is 6.07 Å². The molecule has 21 heavy (non-hydrogen) atoms. The molecule has 6 heteroatoms. The number of rotatable bonds is 2.